The first-order valence-electron chi connectivity index (χ1n) is 10.4. The smallest absolute Gasteiger partial charge is 0.336 e. The molecule has 2 aliphatic heterocycles. The second kappa shape index (κ2) is 8.67. The molecule has 1 saturated heterocycles. The van der Waals surface area contributed by atoms with Crippen molar-refractivity contribution < 1.29 is 48.6 Å². The molecule has 7 unspecified atom stereocenters. The number of aliphatic hydroxyl groups excluding tert-OH is 4. The van der Waals surface area contributed by atoms with Gasteiger partial charge in [0.1, 0.15) is 54.1 Å². The van der Waals surface area contributed by atoms with Crippen molar-refractivity contribution in [2.24, 2.45) is 0 Å². The SMILES string of the molecule is CC(=O)OCC1OC(OC(C)(C)C2Oc3ccc4ccc(=O)oc4c3C2O)C(O)C(O)C1O. The van der Waals surface area contributed by atoms with Gasteiger partial charge in [0, 0.05) is 18.4 Å². The Kier molecular flexibility index (Phi) is 6.20. The fraction of sp³-hybridized carbons (Fsp3) is 0.545. The zero-order chi connectivity index (χ0) is 24.1. The number of ether oxygens (including phenoxy) is 4. The fourth-order valence-corrected chi connectivity index (χ4v) is 4.11. The summed E-state index contributed by atoms with van der Waals surface area (Å²) in [7, 11) is 0. The largest absolute Gasteiger partial charge is 0.484 e. The number of hydrogen-bond donors (Lipinski definition) is 4. The van der Waals surface area contributed by atoms with Crippen LogP contribution >= 0.6 is 0 Å². The van der Waals surface area contributed by atoms with Crippen molar-refractivity contribution in [2.45, 2.75) is 69.3 Å². The van der Waals surface area contributed by atoms with Crippen molar-refractivity contribution in [3.63, 3.8) is 0 Å². The summed E-state index contributed by atoms with van der Waals surface area (Å²) < 4.78 is 27.5. The Bertz CT molecular complexity index is 1090. The van der Waals surface area contributed by atoms with Crippen LogP contribution in [0.25, 0.3) is 11.0 Å². The van der Waals surface area contributed by atoms with Gasteiger partial charge in [-0.1, -0.05) is 0 Å². The predicted octanol–water partition coefficient (Wildman–Crippen LogP) is -0.247. The van der Waals surface area contributed by atoms with Crippen molar-refractivity contribution in [3.05, 3.63) is 40.2 Å². The van der Waals surface area contributed by atoms with Gasteiger partial charge in [-0.25, -0.2) is 4.79 Å². The van der Waals surface area contributed by atoms with Gasteiger partial charge in [-0.3, -0.25) is 4.79 Å². The highest BCUT2D eigenvalue weighted by atomic mass is 16.7. The van der Waals surface area contributed by atoms with Gasteiger partial charge in [0.25, 0.3) is 0 Å². The Morgan fingerprint density at radius 1 is 1.06 bits per heavy atom. The van der Waals surface area contributed by atoms with Crippen LogP contribution in [0.1, 0.15) is 32.4 Å². The molecule has 4 rings (SSSR count). The van der Waals surface area contributed by atoms with E-state index < -0.39 is 60.1 Å². The van der Waals surface area contributed by atoms with E-state index in [4.69, 9.17) is 23.4 Å². The lowest BCUT2D eigenvalue weighted by molar-refractivity contribution is -0.332. The summed E-state index contributed by atoms with van der Waals surface area (Å²) in [6.45, 7) is 3.98. The summed E-state index contributed by atoms with van der Waals surface area (Å²) in [6, 6.07) is 6.17. The van der Waals surface area contributed by atoms with Crippen LogP contribution < -0.4 is 10.4 Å². The molecule has 33 heavy (non-hydrogen) atoms. The molecule has 2 aliphatic rings. The average molecular weight is 466 g/mol. The standard InChI is InChI=1S/C22H26O11/c1-9(23)29-8-12-15(25)17(27)18(28)21(31-12)33-22(2,3)20-16(26)14-11(30-20)6-4-10-5-7-13(24)32-19(10)14/h4-7,12,15-18,20-21,25-28H,8H2,1-3H3. The van der Waals surface area contributed by atoms with Gasteiger partial charge in [0.05, 0.1) is 5.56 Å². The van der Waals surface area contributed by atoms with Crippen LogP contribution in [0.3, 0.4) is 0 Å². The van der Waals surface area contributed by atoms with Gasteiger partial charge < -0.3 is 43.8 Å². The predicted molar refractivity (Wildman–Crippen MR) is 110 cm³/mol. The molecule has 180 valence electrons. The van der Waals surface area contributed by atoms with Crippen molar-refractivity contribution in [2.75, 3.05) is 6.61 Å². The minimum Gasteiger partial charge on any atom is -0.484 e. The summed E-state index contributed by atoms with van der Waals surface area (Å²) in [4.78, 5) is 22.8. The lowest BCUT2D eigenvalue weighted by Crippen LogP contribution is -2.61. The minimum absolute atomic E-state index is 0.194. The van der Waals surface area contributed by atoms with Gasteiger partial charge in [-0.05, 0) is 32.0 Å². The summed E-state index contributed by atoms with van der Waals surface area (Å²) in [5, 5.41) is 42.4. The van der Waals surface area contributed by atoms with Crippen LogP contribution in [0.15, 0.2) is 33.5 Å². The number of hydrogen-bond acceptors (Lipinski definition) is 11. The zero-order valence-corrected chi connectivity index (χ0v) is 18.2. The Balaban J connectivity index is 1.56. The first-order valence-corrected chi connectivity index (χ1v) is 10.4. The van der Waals surface area contributed by atoms with Crippen molar-refractivity contribution in [1.82, 2.24) is 0 Å². The third-order valence-corrected chi connectivity index (χ3v) is 5.85. The van der Waals surface area contributed by atoms with Crippen molar-refractivity contribution in [1.29, 1.82) is 0 Å². The average Bonchev–Trinajstić information content (AvgIpc) is 3.11. The molecule has 0 saturated carbocycles. The van der Waals surface area contributed by atoms with Gasteiger partial charge in [-0.2, -0.15) is 0 Å². The maximum atomic E-state index is 11.7. The highest BCUT2D eigenvalue weighted by Crippen LogP contribution is 2.45. The second-order valence-corrected chi connectivity index (χ2v) is 8.67. The van der Waals surface area contributed by atoms with Crippen LogP contribution in [0, 0.1) is 0 Å². The molecule has 11 heteroatoms. The van der Waals surface area contributed by atoms with Crippen LogP contribution in [0.4, 0.5) is 0 Å². The number of fused-ring (bicyclic) bond motifs is 3. The Hall–Kier alpha value is -2.54. The molecule has 0 bridgehead atoms. The summed E-state index contributed by atoms with van der Waals surface area (Å²) >= 11 is 0. The monoisotopic (exact) mass is 466 g/mol. The van der Waals surface area contributed by atoms with E-state index in [0.29, 0.717) is 16.7 Å². The molecule has 1 fully saturated rings. The second-order valence-electron chi connectivity index (χ2n) is 8.67. The van der Waals surface area contributed by atoms with E-state index in [9.17, 15) is 30.0 Å². The summed E-state index contributed by atoms with van der Waals surface area (Å²) in [5.41, 5.74) is -1.40. The third kappa shape index (κ3) is 4.35. The Morgan fingerprint density at radius 2 is 1.76 bits per heavy atom. The maximum Gasteiger partial charge on any atom is 0.336 e. The first-order chi connectivity index (χ1) is 15.5. The Morgan fingerprint density at radius 3 is 2.45 bits per heavy atom. The summed E-state index contributed by atoms with van der Waals surface area (Å²) in [5.74, 6) is -0.303. The number of rotatable bonds is 5. The quantitative estimate of drug-likeness (QED) is 0.339. The van der Waals surface area contributed by atoms with Gasteiger partial charge in [-0.15, -0.1) is 0 Å². The molecular weight excluding hydrogens is 440 g/mol. The van der Waals surface area contributed by atoms with E-state index in [0.717, 1.165) is 0 Å². The normalized spacial score (nSPS) is 31.8. The number of esters is 1. The lowest BCUT2D eigenvalue weighted by Gasteiger charge is -2.44. The van der Waals surface area contributed by atoms with Gasteiger partial charge >= 0.3 is 11.6 Å². The maximum absolute atomic E-state index is 11.7. The molecule has 1 aromatic heterocycles. The van der Waals surface area contributed by atoms with Crippen molar-refractivity contribution >= 4 is 16.9 Å². The van der Waals surface area contributed by atoms with Gasteiger partial charge in [0.15, 0.2) is 12.4 Å². The molecule has 11 nitrogen and oxygen atoms in total. The number of carbonyl (C=O) groups excluding carboxylic acids is 1. The molecule has 1 aromatic carbocycles. The number of carbonyl (C=O) groups is 1. The number of aliphatic hydroxyl groups is 4. The molecule has 0 amide bonds. The molecule has 0 spiro atoms. The molecular formula is C22H26O11. The van der Waals surface area contributed by atoms with E-state index >= 15 is 0 Å². The van der Waals surface area contributed by atoms with Crippen LogP contribution in [0.2, 0.25) is 0 Å². The van der Waals surface area contributed by atoms with Crippen LogP contribution in [-0.2, 0) is 19.0 Å². The van der Waals surface area contributed by atoms with E-state index in [1.54, 1.807) is 32.0 Å². The number of benzene rings is 1. The minimum atomic E-state index is -1.63. The Labute approximate surface area is 188 Å². The van der Waals surface area contributed by atoms with E-state index in [1.165, 1.54) is 13.0 Å². The topological polar surface area (TPSA) is 165 Å². The van der Waals surface area contributed by atoms with E-state index in [2.05, 4.69) is 0 Å². The van der Waals surface area contributed by atoms with E-state index in [-0.39, 0.29) is 12.2 Å². The molecule has 3 heterocycles. The first kappa shape index (κ1) is 23.6. The molecule has 0 radical (unpaired) electrons. The van der Waals surface area contributed by atoms with Crippen LogP contribution in [-0.4, -0.2) is 75.4 Å². The molecule has 2 aromatic rings. The zero-order valence-electron chi connectivity index (χ0n) is 18.2. The van der Waals surface area contributed by atoms with E-state index in [1.807, 2.05) is 0 Å². The summed E-state index contributed by atoms with van der Waals surface area (Å²) in [6.07, 6.45) is -9.63. The molecule has 7 atom stereocenters. The fourth-order valence-electron chi connectivity index (χ4n) is 4.11. The van der Waals surface area contributed by atoms with Gasteiger partial charge in [0.2, 0.25) is 0 Å². The molecule has 0 aliphatic carbocycles. The van der Waals surface area contributed by atoms with Crippen LogP contribution in [0.5, 0.6) is 5.75 Å². The highest BCUT2D eigenvalue weighted by Gasteiger charge is 2.51. The van der Waals surface area contributed by atoms with Crippen molar-refractivity contribution in [3.8, 4) is 5.75 Å². The third-order valence-electron chi connectivity index (χ3n) is 5.85. The molecule has 4 N–H and O–H groups in total. The lowest BCUT2D eigenvalue weighted by atomic mass is 9.92. The highest BCUT2D eigenvalue weighted by molar-refractivity contribution is 5.83.